The fourth-order valence-corrected chi connectivity index (χ4v) is 1.94. The molecule has 1 aromatic carbocycles. The first-order chi connectivity index (χ1) is 6.83. The summed E-state index contributed by atoms with van der Waals surface area (Å²) < 4.78 is 5.44. The predicted molar refractivity (Wildman–Crippen MR) is 54.3 cm³/mol. The van der Waals surface area contributed by atoms with Gasteiger partial charge in [-0.25, -0.2) is 0 Å². The average Bonchev–Trinajstić information content (AvgIpc) is 2.58. The lowest BCUT2D eigenvalue weighted by atomic mass is 10.1. The lowest BCUT2D eigenvalue weighted by Gasteiger charge is -2.10. The van der Waals surface area contributed by atoms with E-state index >= 15 is 0 Å². The lowest BCUT2D eigenvalue weighted by Crippen LogP contribution is -2.06. The summed E-state index contributed by atoms with van der Waals surface area (Å²) in [6.45, 7) is 0.404. The van der Waals surface area contributed by atoms with Gasteiger partial charge in [0.2, 0.25) is 0 Å². The van der Waals surface area contributed by atoms with E-state index in [0.29, 0.717) is 6.61 Å². The molecule has 1 atom stereocenters. The largest absolute Gasteiger partial charge is 0.491 e. The zero-order chi connectivity index (χ0) is 9.97. The van der Waals surface area contributed by atoms with Crippen molar-refractivity contribution in [1.29, 1.82) is 0 Å². The minimum Gasteiger partial charge on any atom is -0.491 e. The summed E-state index contributed by atoms with van der Waals surface area (Å²) >= 11 is 0. The summed E-state index contributed by atoms with van der Waals surface area (Å²) in [5.41, 5.74) is 8.35. The molecule has 3 heteroatoms. The fraction of sp³-hybridized carbons (Fsp3) is 0.455. The van der Waals surface area contributed by atoms with Crippen molar-refractivity contribution in [2.24, 2.45) is 5.73 Å². The zero-order valence-electron chi connectivity index (χ0n) is 8.07. The van der Waals surface area contributed by atoms with E-state index in [1.165, 1.54) is 11.1 Å². The summed E-state index contributed by atoms with van der Waals surface area (Å²) in [6.07, 6.45) is 1.98. The Morgan fingerprint density at radius 1 is 1.50 bits per heavy atom. The monoisotopic (exact) mass is 193 g/mol. The topological polar surface area (TPSA) is 55.5 Å². The van der Waals surface area contributed by atoms with Gasteiger partial charge in [-0.05, 0) is 30.0 Å². The van der Waals surface area contributed by atoms with Crippen LogP contribution in [0.25, 0.3) is 0 Å². The highest BCUT2D eigenvalue weighted by atomic mass is 16.5. The summed E-state index contributed by atoms with van der Waals surface area (Å²) in [7, 11) is 0. The van der Waals surface area contributed by atoms with Crippen LogP contribution in [0.5, 0.6) is 5.75 Å². The first-order valence-corrected chi connectivity index (χ1v) is 4.94. The second-order valence-corrected chi connectivity index (χ2v) is 3.54. The average molecular weight is 193 g/mol. The molecule has 0 heterocycles. The van der Waals surface area contributed by atoms with Gasteiger partial charge in [-0.3, -0.25) is 0 Å². The van der Waals surface area contributed by atoms with Crippen LogP contribution in [-0.4, -0.2) is 18.3 Å². The van der Waals surface area contributed by atoms with Gasteiger partial charge in [0.15, 0.2) is 0 Å². The Kier molecular flexibility index (Phi) is 2.70. The Bertz CT molecular complexity index is 325. The highest BCUT2D eigenvalue weighted by Crippen LogP contribution is 2.35. The van der Waals surface area contributed by atoms with Gasteiger partial charge in [0, 0.05) is 6.04 Å². The molecule has 0 aliphatic heterocycles. The van der Waals surface area contributed by atoms with Crippen molar-refractivity contribution in [3.05, 3.63) is 29.3 Å². The van der Waals surface area contributed by atoms with E-state index in [0.717, 1.165) is 18.6 Å². The second-order valence-electron chi connectivity index (χ2n) is 3.54. The number of aliphatic hydroxyl groups is 1. The third-order valence-corrected chi connectivity index (χ3v) is 2.62. The van der Waals surface area contributed by atoms with Crippen molar-refractivity contribution < 1.29 is 9.84 Å². The molecule has 0 saturated heterocycles. The van der Waals surface area contributed by atoms with E-state index in [-0.39, 0.29) is 12.6 Å². The van der Waals surface area contributed by atoms with Gasteiger partial charge in [0.1, 0.15) is 12.4 Å². The number of hydrogen-bond acceptors (Lipinski definition) is 3. The van der Waals surface area contributed by atoms with E-state index in [4.69, 9.17) is 15.6 Å². The fourth-order valence-electron chi connectivity index (χ4n) is 1.94. The number of benzene rings is 1. The maximum Gasteiger partial charge on any atom is 0.122 e. The van der Waals surface area contributed by atoms with Crippen molar-refractivity contribution in [1.82, 2.24) is 0 Å². The maximum absolute atomic E-state index is 8.68. The number of ether oxygens (including phenoxy) is 1. The summed E-state index contributed by atoms with van der Waals surface area (Å²) in [6, 6.07) is 6.10. The Hall–Kier alpha value is -1.06. The Labute approximate surface area is 83.5 Å². The van der Waals surface area contributed by atoms with Crippen LogP contribution < -0.4 is 10.5 Å². The standard InChI is InChI=1S/C11H15NO2/c12-10-5-4-9-8(10)2-1-3-11(9)14-7-6-13/h1-3,10,13H,4-7,12H2/t10-/m1/s1. The van der Waals surface area contributed by atoms with Gasteiger partial charge in [0.05, 0.1) is 6.61 Å². The highest BCUT2D eigenvalue weighted by molar-refractivity contribution is 5.44. The van der Waals surface area contributed by atoms with Gasteiger partial charge in [-0.2, -0.15) is 0 Å². The van der Waals surface area contributed by atoms with E-state index in [9.17, 15) is 0 Å². The number of rotatable bonds is 3. The molecule has 0 aromatic heterocycles. The second kappa shape index (κ2) is 3.98. The van der Waals surface area contributed by atoms with Gasteiger partial charge >= 0.3 is 0 Å². The molecular weight excluding hydrogens is 178 g/mol. The lowest BCUT2D eigenvalue weighted by molar-refractivity contribution is 0.200. The summed E-state index contributed by atoms with van der Waals surface area (Å²) in [5, 5.41) is 8.68. The molecule has 14 heavy (non-hydrogen) atoms. The van der Waals surface area contributed by atoms with Gasteiger partial charge in [-0.1, -0.05) is 12.1 Å². The van der Waals surface area contributed by atoms with Gasteiger partial charge in [-0.15, -0.1) is 0 Å². The SMILES string of the molecule is N[C@@H]1CCc2c(OCCO)cccc21. The van der Waals surface area contributed by atoms with Crippen molar-refractivity contribution in [2.45, 2.75) is 18.9 Å². The molecule has 3 N–H and O–H groups in total. The van der Waals surface area contributed by atoms with Crippen LogP contribution in [0.2, 0.25) is 0 Å². The van der Waals surface area contributed by atoms with Crippen LogP contribution in [0.3, 0.4) is 0 Å². The molecule has 1 aliphatic carbocycles. The van der Waals surface area contributed by atoms with E-state index in [1.807, 2.05) is 12.1 Å². The molecule has 0 radical (unpaired) electrons. The third kappa shape index (κ3) is 1.61. The summed E-state index contributed by atoms with van der Waals surface area (Å²) in [5.74, 6) is 0.879. The van der Waals surface area contributed by atoms with E-state index in [1.54, 1.807) is 0 Å². The number of aliphatic hydroxyl groups excluding tert-OH is 1. The van der Waals surface area contributed by atoms with Crippen LogP contribution in [0, 0.1) is 0 Å². The first kappa shape index (κ1) is 9.49. The molecule has 0 amide bonds. The molecule has 2 rings (SSSR count). The zero-order valence-corrected chi connectivity index (χ0v) is 8.07. The smallest absolute Gasteiger partial charge is 0.122 e. The third-order valence-electron chi connectivity index (χ3n) is 2.62. The molecule has 0 saturated carbocycles. The van der Waals surface area contributed by atoms with Crippen LogP contribution >= 0.6 is 0 Å². The van der Waals surface area contributed by atoms with Crippen LogP contribution in [0.1, 0.15) is 23.6 Å². The molecule has 76 valence electrons. The number of nitrogens with two attached hydrogens (primary N) is 1. The van der Waals surface area contributed by atoms with Crippen LogP contribution in [0.15, 0.2) is 18.2 Å². The molecule has 1 aliphatic rings. The van der Waals surface area contributed by atoms with E-state index < -0.39 is 0 Å². The van der Waals surface area contributed by atoms with Crippen molar-refractivity contribution in [3.63, 3.8) is 0 Å². The van der Waals surface area contributed by atoms with Crippen LogP contribution in [-0.2, 0) is 6.42 Å². The maximum atomic E-state index is 8.68. The number of hydrogen-bond donors (Lipinski definition) is 2. The number of fused-ring (bicyclic) bond motifs is 1. The van der Waals surface area contributed by atoms with Crippen molar-refractivity contribution in [2.75, 3.05) is 13.2 Å². The molecule has 0 bridgehead atoms. The Morgan fingerprint density at radius 2 is 2.36 bits per heavy atom. The molecule has 0 unspecified atom stereocenters. The van der Waals surface area contributed by atoms with Crippen molar-refractivity contribution in [3.8, 4) is 5.75 Å². The minimum absolute atomic E-state index is 0.0513. The molecule has 0 spiro atoms. The predicted octanol–water partition coefficient (Wildman–Crippen LogP) is 1.00. The molecule has 1 aromatic rings. The minimum atomic E-state index is 0.0513. The highest BCUT2D eigenvalue weighted by Gasteiger charge is 2.21. The molecule has 0 fully saturated rings. The molecular formula is C11H15NO2. The van der Waals surface area contributed by atoms with Crippen molar-refractivity contribution >= 4 is 0 Å². The summed E-state index contributed by atoms with van der Waals surface area (Å²) in [4.78, 5) is 0. The van der Waals surface area contributed by atoms with Gasteiger partial charge < -0.3 is 15.6 Å². The normalized spacial score (nSPS) is 19.4. The van der Waals surface area contributed by atoms with Gasteiger partial charge in [0.25, 0.3) is 0 Å². The Morgan fingerprint density at radius 3 is 3.14 bits per heavy atom. The van der Waals surface area contributed by atoms with E-state index in [2.05, 4.69) is 6.07 Å². The van der Waals surface area contributed by atoms with Crippen LogP contribution in [0.4, 0.5) is 0 Å². The quantitative estimate of drug-likeness (QED) is 0.753. The first-order valence-electron chi connectivity index (χ1n) is 4.94. The Balaban J connectivity index is 2.25. The molecule has 3 nitrogen and oxygen atoms in total.